The summed E-state index contributed by atoms with van der Waals surface area (Å²) in [5.74, 6) is 0. The van der Waals surface area contributed by atoms with Gasteiger partial charge in [0.15, 0.2) is 0 Å². The highest BCUT2D eigenvalue weighted by atomic mass is 35.5. The van der Waals surface area contributed by atoms with Gasteiger partial charge in [0, 0.05) is 16.1 Å². The summed E-state index contributed by atoms with van der Waals surface area (Å²) in [7, 11) is 0. The van der Waals surface area contributed by atoms with E-state index >= 15 is 0 Å². The van der Waals surface area contributed by atoms with Crippen molar-refractivity contribution in [1.29, 1.82) is 0 Å². The van der Waals surface area contributed by atoms with Crippen LogP contribution in [0.3, 0.4) is 0 Å². The van der Waals surface area contributed by atoms with Crippen molar-refractivity contribution >= 4 is 22.5 Å². The van der Waals surface area contributed by atoms with Gasteiger partial charge in [-0.15, -0.1) is 0 Å². The van der Waals surface area contributed by atoms with Crippen LogP contribution in [0.2, 0.25) is 5.02 Å². The van der Waals surface area contributed by atoms with E-state index in [1.54, 1.807) is 0 Å². The van der Waals surface area contributed by atoms with Crippen LogP contribution in [0.15, 0.2) is 24.3 Å². The first-order valence-corrected chi connectivity index (χ1v) is 6.29. The summed E-state index contributed by atoms with van der Waals surface area (Å²) < 4.78 is 0. The maximum atomic E-state index is 6.13. The van der Waals surface area contributed by atoms with Gasteiger partial charge in [-0.25, -0.2) is 0 Å². The Morgan fingerprint density at radius 3 is 2.41 bits per heavy atom. The van der Waals surface area contributed by atoms with Gasteiger partial charge < -0.3 is 0 Å². The van der Waals surface area contributed by atoms with Crippen LogP contribution in [-0.4, -0.2) is 4.98 Å². The van der Waals surface area contributed by atoms with Crippen LogP contribution in [0, 0.1) is 12.3 Å². The molecule has 0 aliphatic carbocycles. The van der Waals surface area contributed by atoms with Crippen molar-refractivity contribution in [3.8, 4) is 0 Å². The second kappa shape index (κ2) is 4.30. The highest BCUT2D eigenvalue weighted by Gasteiger charge is 2.13. The van der Waals surface area contributed by atoms with Crippen LogP contribution in [0.25, 0.3) is 10.9 Å². The molecule has 1 nitrogen and oxygen atoms in total. The Labute approximate surface area is 108 Å². The average molecular weight is 248 g/mol. The van der Waals surface area contributed by atoms with E-state index in [9.17, 15) is 0 Å². The summed E-state index contributed by atoms with van der Waals surface area (Å²) in [4.78, 5) is 4.74. The molecule has 0 spiro atoms. The van der Waals surface area contributed by atoms with Crippen molar-refractivity contribution in [2.75, 3.05) is 0 Å². The molecule has 1 aromatic heterocycles. The number of hydrogen-bond acceptors (Lipinski definition) is 1. The van der Waals surface area contributed by atoms with Crippen LogP contribution >= 0.6 is 11.6 Å². The Balaban J connectivity index is 2.53. The smallest absolute Gasteiger partial charge is 0.0749 e. The number of benzene rings is 1. The number of fused-ring (bicyclic) bond motifs is 1. The summed E-state index contributed by atoms with van der Waals surface area (Å²) in [5, 5.41) is 1.95. The van der Waals surface area contributed by atoms with Crippen LogP contribution < -0.4 is 0 Å². The molecule has 0 radical (unpaired) electrons. The summed E-state index contributed by atoms with van der Waals surface area (Å²) in [6, 6.07) is 8.20. The van der Waals surface area contributed by atoms with E-state index in [4.69, 9.17) is 16.6 Å². The first-order valence-electron chi connectivity index (χ1n) is 5.91. The van der Waals surface area contributed by atoms with Crippen LogP contribution in [0.4, 0.5) is 0 Å². The molecule has 0 unspecified atom stereocenters. The fraction of sp³-hybridized carbons (Fsp3) is 0.400. The number of hydrogen-bond donors (Lipinski definition) is 0. The molecule has 1 heterocycles. The third kappa shape index (κ3) is 2.78. The molecule has 0 atom stereocenters. The van der Waals surface area contributed by atoms with Gasteiger partial charge in [-0.05, 0) is 36.5 Å². The monoisotopic (exact) mass is 247 g/mol. The molecule has 0 bridgehead atoms. The lowest BCUT2D eigenvalue weighted by Crippen LogP contribution is -2.10. The lowest BCUT2D eigenvalue weighted by atomic mass is 9.90. The molecule has 0 amide bonds. The van der Waals surface area contributed by atoms with Crippen molar-refractivity contribution in [2.45, 2.75) is 34.1 Å². The molecular formula is C15H18ClN. The Morgan fingerprint density at radius 1 is 1.12 bits per heavy atom. The van der Waals surface area contributed by atoms with E-state index in [-0.39, 0.29) is 5.41 Å². The van der Waals surface area contributed by atoms with Crippen molar-refractivity contribution in [3.63, 3.8) is 0 Å². The molecule has 1 aromatic carbocycles. The topological polar surface area (TPSA) is 12.9 Å². The minimum Gasteiger partial charge on any atom is -0.252 e. The Bertz CT molecular complexity index is 553. The quantitative estimate of drug-likeness (QED) is 0.706. The predicted octanol–water partition coefficient (Wildman–Crippen LogP) is 4.79. The normalized spacial score (nSPS) is 12.1. The van der Waals surface area contributed by atoms with Gasteiger partial charge >= 0.3 is 0 Å². The largest absolute Gasteiger partial charge is 0.252 e. The molecule has 0 N–H and O–H groups in total. The number of aromatic nitrogens is 1. The average Bonchev–Trinajstić information content (AvgIpc) is 2.22. The van der Waals surface area contributed by atoms with E-state index < -0.39 is 0 Å². The third-order valence-electron chi connectivity index (χ3n) is 2.82. The second-order valence-electron chi connectivity index (χ2n) is 5.78. The van der Waals surface area contributed by atoms with Crippen LogP contribution in [0.5, 0.6) is 0 Å². The van der Waals surface area contributed by atoms with E-state index in [1.165, 1.54) is 0 Å². The molecule has 0 aliphatic heterocycles. The molecular weight excluding hydrogens is 230 g/mol. The maximum Gasteiger partial charge on any atom is 0.0749 e. The fourth-order valence-electron chi connectivity index (χ4n) is 1.99. The maximum absolute atomic E-state index is 6.13. The van der Waals surface area contributed by atoms with Gasteiger partial charge in [-0.2, -0.15) is 0 Å². The van der Waals surface area contributed by atoms with Gasteiger partial charge in [-0.1, -0.05) is 44.5 Å². The fourth-order valence-corrected chi connectivity index (χ4v) is 2.14. The molecule has 90 valence electrons. The van der Waals surface area contributed by atoms with Crippen LogP contribution in [0.1, 0.15) is 32.0 Å². The minimum absolute atomic E-state index is 0.257. The van der Waals surface area contributed by atoms with E-state index in [0.29, 0.717) is 0 Å². The number of aryl methyl sites for hydroxylation is 1. The van der Waals surface area contributed by atoms with Gasteiger partial charge in [-0.3, -0.25) is 4.98 Å². The highest BCUT2D eigenvalue weighted by molar-refractivity contribution is 6.32. The highest BCUT2D eigenvalue weighted by Crippen LogP contribution is 2.26. The SMILES string of the molecule is Cc1c(Cl)ccc2ccc(CC(C)(C)C)nc12. The standard InChI is InChI=1S/C15H18ClN/c1-10-13(16)8-6-11-5-7-12(17-14(10)11)9-15(2,3)4/h5-8H,9H2,1-4H3. The Morgan fingerprint density at radius 2 is 1.76 bits per heavy atom. The summed E-state index contributed by atoms with van der Waals surface area (Å²) in [6.45, 7) is 8.70. The van der Waals surface area contributed by atoms with E-state index in [0.717, 1.165) is 33.6 Å². The first kappa shape index (κ1) is 12.4. The molecule has 0 fully saturated rings. The zero-order valence-corrected chi connectivity index (χ0v) is 11.6. The zero-order valence-electron chi connectivity index (χ0n) is 10.8. The van der Waals surface area contributed by atoms with Crippen molar-refractivity contribution in [2.24, 2.45) is 5.41 Å². The molecule has 2 aromatic rings. The van der Waals surface area contributed by atoms with E-state index in [1.807, 2.05) is 19.1 Å². The van der Waals surface area contributed by atoms with Gasteiger partial charge in [0.1, 0.15) is 0 Å². The third-order valence-corrected chi connectivity index (χ3v) is 3.23. The van der Waals surface area contributed by atoms with E-state index in [2.05, 4.69) is 32.9 Å². The van der Waals surface area contributed by atoms with Crippen LogP contribution in [-0.2, 0) is 6.42 Å². The number of rotatable bonds is 1. The molecule has 17 heavy (non-hydrogen) atoms. The minimum atomic E-state index is 0.257. The van der Waals surface area contributed by atoms with Crippen molar-refractivity contribution < 1.29 is 0 Å². The number of halogens is 1. The molecule has 2 heteroatoms. The summed E-state index contributed by atoms with van der Waals surface area (Å²) >= 11 is 6.13. The lowest BCUT2D eigenvalue weighted by Gasteiger charge is -2.17. The molecule has 0 aliphatic rings. The number of nitrogens with zero attached hydrogens (tertiary/aromatic N) is 1. The van der Waals surface area contributed by atoms with Crippen molar-refractivity contribution in [3.05, 3.63) is 40.5 Å². The summed E-state index contributed by atoms with van der Waals surface area (Å²) in [6.07, 6.45) is 0.981. The zero-order chi connectivity index (χ0) is 12.6. The molecule has 0 saturated carbocycles. The van der Waals surface area contributed by atoms with Crippen molar-refractivity contribution in [1.82, 2.24) is 4.98 Å². The van der Waals surface area contributed by atoms with Gasteiger partial charge in [0.25, 0.3) is 0 Å². The lowest BCUT2D eigenvalue weighted by molar-refractivity contribution is 0.407. The predicted molar refractivity (Wildman–Crippen MR) is 74.6 cm³/mol. The van der Waals surface area contributed by atoms with Gasteiger partial charge in [0.05, 0.1) is 5.52 Å². The first-order chi connectivity index (χ1) is 7.87. The number of pyridine rings is 1. The Hall–Kier alpha value is -1.08. The second-order valence-corrected chi connectivity index (χ2v) is 6.19. The molecule has 2 rings (SSSR count). The van der Waals surface area contributed by atoms with Gasteiger partial charge in [0.2, 0.25) is 0 Å². The summed E-state index contributed by atoms with van der Waals surface area (Å²) in [5.41, 5.74) is 3.49. The molecule has 0 saturated heterocycles. The Kier molecular flexibility index (Phi) is 3.13.